The summed E-state index contributed by atoms with van der Waals surface area (Å²) in [5, 5.41) is 8.45. The van der Waals surface area contributed by atoms with Crippen LogP contribution >= 0.6 is 0 Å². The molecule has 1 unspecified atom stereocenters. The van der Waals surface area contributed by atoms with E-state index >= 15 is 0 Å². The zero-order chi connectivity index (χ0) is 9.56. The van der Waals surface area contributed by atoms with Gasteiger partial charge < -0.3 is 5.11 Å². The topological polar surface area (TPSA) is 37.3 Å². The Balaban J connectivity index is 3.78. The van der Waals surface area contributed by atoms with Crippen molar-refractivity contribution in [2.24, 2.45) is 5.92 Å². The number of allylic oxidation sites excluding steroid dienone is 2. The Bertz CT molecular complexity index is 171. The highest BCUT2D eigenvalue weighted by Gasteiger charge is 2.06. The van der Waals surface area contributed by atoms with Crippen LogP contribution in [0.1, 0.15) is 40.0 Å². The molecule has 1 N–H and O–H groups in total. The number of hydrogen-bond acceptors (Lipinski definition) is 1. The molecule has 0 fully saturated rings. The predicted molar refractivity (Wildman–Crippen MR) is 50.1 cm³/mol. The van der Waals surface area contributed by atoms with Gasteiger partial charge in [0.05, 0.1) is 0 Å². The quantitative estimate of drug-likeness (QED) is 0.644. The van der Waals surface area contributed by atoms with Crippen molar-refractivity contribution in [2.75, 3.05) is 0 Å². The molecule has 0 radical (unpaired) electrons. The summed E-state index contributed by atoms with van der Waals surface area (Å²) < 4.78 is 0. The van der Waals surface area contributed by atoms with Gasteiger partial charge in [-0.05, 0) is 25.7 Å². The van der Waals surface area contributed by atoms with Gasteiger partial charge in [-0.3, -0.25) is 4.79 Å². The lowest BCUT2D eigenvalue weighted by molar-refractivity contribution is -0.137. The van der Waals surface area contributed by atoms with Crippen LogP contribution < -0.4 is 0 Å². The van der Waals surface area contributed by atoms with Crippen molar-refractivity contribution >= 4 is 5.97 Å². The summed E-state index contributed by atoms with van der Waals surface area (Å²) in [4.78, 5) is 10.3. The smallest absolute Gasteiger partial charge is 0.303 e. The third kappa shape index (κ3) is 4.94. The van der Waals surface area contributed by atoms with E-state index in [1.54, 1.807) is 0 Å². The molecule has 0 saturated heterocycles. The molecule has 0 rings (SSSR count). The van der Waals surface area contributed by atoms with Crippen LogP contribution in [0, 0.1) is 5.92 Å². The maximum absolute atomic E-state index is 10.3. The minimum absolute atomic E-state index is 0.274. The molecule has 0 aliphatic rings. The number of carboxylic acid groups (broad SMARTS) is 1. The fraction of sp³-hybridized carbons (Fsp3) is 0.700. The van der Waals surface area contributed by atoms with E-state index in [9.17, 15) is 4.79 Å². The second-order valence-electron chi connectivity index (χ2n) is 3.19. The lowest BCUT2D eigenvalue weighted by atomic mass is 9.97. The van der Waals surface area contributed by atoms with Crippen molar-refractivity contribution in [1.82, 2.24) is 0 Å². The molecule has 2 nitrogen and oxygen atoms in total. The van der Waals surface area contributed by atoms with Gasteiger partial charge in [-0.25, -0.2) is 0 Å². The lowest BCUT2D eigenvalue weighted by Crippen LogP contribution is -2.02. The second kappa shape index (κ2) is 5.81. The molecule has 0 bridgehead atoms. The van der Waals surface area contributed by atoms with Gasteiger partial charge in [-0.1, -0.05) is 25.5 Å². The van der Waals surface area contributed by atoms with Gasteiger partial charge in [0.1, 0.15) is 0 Å². The maximum atomic E-state index is 10.3. The number of hydrogen-bond donors (Lipinski definition) is 1. The molecule has 1 atom stereocenters. The first kappa shape index (κ1) is 11.2. The van der Waals surface area contributed by atoms with Crippen LogP contribution in [-0.2, 0) is 4.79 Å². The van der Waals surface area contributed by atoms with Crippen LogP contribution in [-0.4, -0.2) is 11.1 Å². The average Bonchev–Trinajstić information content (AvgIpc) is 2.00. The summed E-state index contributed by atoms with van der Waals surface area (Å²) in [6, 6.07) is 0. The van der Waals surface area contributed by atoms with Gasteiger partial charge in [0.15, 0.2) is 0 Å². The zero-order valence-corrected chi connectivity index (χ0v) is 8.13. The van der Waals surface area contributed by atoms with E-state index in [4.69, 9.17) is 5.11 Å². The van der Waals surface area contributed by atoms with Crippen LogP contribution in [0.15, 0.2) is 11.6 Å². The molecule has 0 spiro atoms. The van der Waals surface area contributed by atoms with E-state index < -0.39 is 5.97 Å². The van der Waals surface area contributed by atoms with E-state index in [2.05, 4.69) is 26.8 Å². The summed E-state index contributed by atoms with van der Waals surface area (Å²) in [6.45, 7) is 6.23. The van der Waals surface area contributed by atoms with Crippen molar-refractivity contribution in [3.05, 3.63) is 11.6 Å². The van der Waals surface area contributed by atoms with Crippen molar-refractivity contribution in [3.8, 4) is 0 Å². The van der Waals surface area contributed by atoms with Gasteiger partial charge in [0.2, 0.25) is 0 Å². The van der Waals surface area contributed by atoms with E-state index in [0.717, 1.165) is 12.8 Å². The fourth-order valence-electron chi connectivity index (χ4n) is 1.09. The normalized spacial score (nSPS) is 14.4. The minimum Gasteiger partial charge on any atom is -0.481 e. The summed E-state index contributed by atoms with van der Waals surface area (Å²) >= 11 is 0. The van der Waals surface area contributed by atoms with Crippen LogP contribution in [0.4, 0.5) is 0 Å². The Morgan fingerprint density at radius 3 is 2.58 bits per heavy atom. The van der Waals surface area contributed by atoms with Gasteiger partial charge in [0, 0.05) is 6.42 Å². The number of aliphatic carboxylic acids is 1. The molecule has 70 valence electrons. The Hall–Kier alpha value is -0.790. The monoisotopic (exact) mass is 170 g/mol. The largest absolute Gasteiger partial charge is 0.481 e. The molecule has 2 heteroatoms. The molecule has 0 saturated carbocycles. The standard InChI is InChI=1S/C10H18O2/c1-4-5-8(2)9(3)6-7-10(11)12/h5,9H,4,6-7H2,1-3H3,(H,11,12)/b8-5+. The van der Waals surface area contributed by atoms with Crippen LogP contribution in [0.2, 0.25) is 0 Å². The van der Waals surface area contributed by atoms with Crippen molar-refractivity contribution in [2.45, 2.75) is 40.0 Å². The molecule has 0 aromatic heterocycles. The van der Waals surface area contributed by atoms with E-state index in [0.29, 0.717) is 5.92 Å². The molecular formula is C10H18O2. The third-order valence-electron chi connectivity index (χ3n) is 2.09. The number of carboxylic acids is 1. The van der Waals surface area contributed by atoms with E-state index in [1.807, 2.05) is 0 Å². The van der Waals surface area contributed by atoms with Gasteiger partial charge >= 0.3 is 5.97 Å². The minimum atomic E-state index is -0.703. The first-order valence-electron chi connectivity index (χ1n) is 4.46. The SMILES string of the molecule is CC/C=C(\C)C(C)CCC(=O)O. The molecule has 0 amide bonds. The molecule has 0 aromatic carbocycles. The molecular weight excluding hydrogens is 152 g/mol. The molecule has 0 aliphatic carbocycles. The van der Waals surface area contributed by atoms with Crippen molar-refractivity contribution in [1.29, 1.82) is 0 Å². The first-order chi connectivity index (χ1) is 5.57. The maximum Gasteiger partial charge on any atom is 0.303 e. The van der Waals surface area contributed by atoms with E-state index in [-0.39, 0.29) is 6.42 Å². The second-order valence-corrected chi connectivity index (χ2v) is 3.19. The Morgan fingerprint density at radius 1 is 1.58 bits per heavy atom. The van der Waals surface area contributed by atoms with Gasteiger partial charge in [-0.2, -0.15) is 0 Å². The highest BCUT2D eigenvalue weighted by atomic mass is 16.4. The molecule has 0 aromatic rings. The van der Waals surface area contributed by atoms with Gasteiger partial charge in [-0.15, -0.1) is 0 Å². The summed E-state index contributed by atoms with van der Waals surface area (Å²) in [5.74, 6) is -0.299. The van der Waals surface area contributed by atoms with Crippen molar-refractivity contribution in [3.63, 3.8) is 0 Å². The average molecular weight is 170 g/mol. The van der Waals surface area contributed by atoms with Crippen LogP contribution in [0.25, 0.3) is 0 Å². The number of carbonyl (C=O) groups is 1. The fourth-order valence-corrected chi connectivity index (χ4v) is 1.09. The van der Waals surface area contributed by atoms with E-state index in [1.165, 1.54) is 5.57 Å². The number of rotatable bonds is 5. The van der Waals surface area contributed by atoms with Crippen LogP contribution in [0.3, 0.4) is 0 Å². The van der Waals surface area contributed by atoms with Crippen molar-refractivity contribution < 1.29 is 9.90 Å². The Kier molecular flexibility index (Phi) is 5.43. The lowest BCUT2D eigenvalue weighted by Gasteiger charge is -2.09. The van der Waals surface area contributed by atoms with Gasteiger partial charge in [0.25, 0.3) is 0 Å². The zero-order valence-electron chi connectivity index (χ0n) is 8.13. The summed E-state index contributed by atoms with van der Waals surface area (Å²) in [7, 11) is 0. The highest BCUT2D eigenvalue weighted by molar-refractivity contribution is 5.66. The molecule has 0 aliphatic heterocycles. The van der Waals surface area contributed by atoms with Crippen LogP contribution in [0.5, 0.6) is 0 Å². The summed E-state index contributed by atoms with van der Waals surface area (Å²) in [6.07, 6.45) is 4.21. The molecule has 0 heterocycles. The molecule has 12 heavy (non-hydrogen) atoms. The Morgan fingerprint density at radius 2 is 2.17 bits per heavy atom. The first-order valence-corrected chi connectivity index (χ1v) is 4.46. The highest BCUT2D eigenvalue weighted by Crippen LogP contribution is 2.16. The summed E-state index contributed by atoms with van der Waals surface area (Å²) in [5.41, 5.74) is 1.30. The Labute approximate surface area is 74.3 Å². The predicted octanol–water partition coefficient (Wildman–Crippen LogP) is 2.84. The third-order valence-corrected chi connectivity index (χ3v) is 2.09.